The molecule has 4 aliphatic rings. The second-order valence-corrected chi connectivity index (χ2v) is 34.2. The van der Waals surface area contributed by atoms with Gasteiger partial charge in [0.2, 0.25) is 35.4 Å². The maximum atomic E-state index is 14.0. The Morgan fingerprint density at radius 1 is 0.545 bits per heavy atom. The Balaban J connectivity index is 0.000000433. The van der Waals surface area contributed by atoms with Crippen LogP contribution in [0.25, 0.3) is 0 Å². The zero-order chi connectivity index (χ0) is 76.3. The van der Waals surface area contributed by atoms with Gasteiger partial charge in [-0.05, 0) is 120 Å². The number of rotatable bonds is 6. The Morgan fingerprint density at radius 3 is 1.30 bits per heavy atom. The van der Waals surface area contributed by atoms with E-state index in [0.29, 0.717) is 64.2 Å². The average molecular weight is 1450 g/mol. The van der Waals surface area contributed by atoms with Gasteiger partial charge in [0.25, 0.3) is 0 Å². The van der Waals surface area contributed by atoms with Gasteiger partial charge < -0.3 is 50.8 Å². The number of ether oxygens (including phenoxy) is 2. The molecule has 4 bridgehead atoms. The Labute approximate surface area is 612 Å². The summed E-state index contributed by atoms with van der Waals surface area (Å²) in [5.41, 5.74) is 1.18. The summed E-state index contributed by atoms with van der Waals surface area (Å²) in [4.78, 5) is 147. The van der Waals surface area contributed by atoms with Crippen molar-refractivity contribution in [3.63, 3.8) is 0 Å². The quantitative estimate of drug-likeness (QED) is 0.144. The van der Waals surface area contributed by atoms with Gasteiger partial charge in [-0.1, -0.05) is 147 Å². The van der Waals surface area contributed by atoms with Crippen LogP contribution in [0.1, 0.15) is 220 Å². The number of hydrogen-bond acceptors (Lipinski definition) is 18. The molecule has 24 heteroatoms. The number of aliphatic imine (C=N–C) groups is 2. The van der Waals surface area contributed by atoms with E-state index in [1.54, 1.807) is 51.2 Å². The maximum Gasteiger partial charge on any atom is 0.328 e. The van der Waals surface area contributed by atoms with Crippen LogP contribution in [0.15, 0.2) is 34.3 Å². The number of benzene rings is 1. The van der Waals surface area contributed by atoms with Gasteiger partial charge in [0.05, 0.1) is 34.4 Å². The van der Waals surface area contributed by atoms with Crippen molar-refractivity contribution in [3.8, 4) is 0 Å². The highest BCUT2D eigenvalue weighted by atomic mass is 32.2. The molecule has 0 fully saturated rings. The van der Waals surface area contributed by atoms with Crippen molar-refractivity contribution >= 4 is 92.6 Å². The van der Waals surface area contributed by atoms with Gasteiger partial charge in [-0.3, -0.25) is 48.3 Å². The number of amides is 6. The first kappa shape index (κ1) is 87.7. The average Bonchev–Trinajstić information content (AvgIpc) is 1.56. The third-order valence-electron chi connectivity index (χ3n) is 20.9. The van der Waals surface area contributed by atoms with Crippen LogP contribution >= 0.6 is 23.5 Å². The molecular formula is C77H126N8O14S2. The van der Waals surface area contributed by atoms with E-state index in [1.165, 1.54) is 30.8 Å². The minimum Gasteiger partial charge on any atom is -0.460 e. The molecule has 0 aromatic heterocycles. The molecule has 0 unspecified atom stereocenters. The number of aliphatic hydroxyl groups excluding tert-OH is 2. The molecular weight excluding hydrogens is 1330 g/mol. The monoisotopic (exact) mass is 1450 g/mol. The molecule has 1 aromatic carbocycles. The lowest BCUT2D eigenvalue weighted by molar-refractivity contribution is -0.165. The Hall–Kier alpha value is -5.72. The number of carbonyl (C=O) groups excluding carboxylic acids is 10. The first-order valence-corrected chi connectivity index (χ1v) is 39.0. The number of nitrogens with zero attached hydrogens (tertiary/aromatic N) is 4. The lowest BCUT2D eigenvalue weighted by atomic mass is 9.81. The van der Waals surface area contributed by atoms with E-state index < -0.39 is 131 Å². The third-order valence-corrected chi connectivity index (χ3v) is 23.6. The normalized spacial score (nSPS) is 32.8. The highest BCUT2D eigenvalue weighted by Crippen LogP contribution is 2.36. The predicted molar refractivity (Wildman–Crippen MR) is 401 cm³/mol. The number of hydrogen-bond donors (Lipinski definition) is 6. The number of aliphatic hydroxyl groups is 2. The summed E-state index contributed by atoms with van der Waals surface area (Å²) in [7, 11) is 3.05. The summed E-state index contributed by atoms with van der Waals surface area (Å²) in [6, 6.07) is 2.03. The van der Waals surface area contributed by atoms with Crippen LogP contribution in [0.5, 0.6) is 0 Å². The molecule has 0 aliphatic carbocycles. The number of fused-ring (bicyclic) bond motifs is 2. The molecule has 22 nitrogen and oxygen atoms in total. The summed E-state index contributed by atoms with van der Waals surface area (Å²) in [5.74, 6) is -4.72. The minimum atomic E-state index is -0.996. The van der Waals surface area contributed by atoms with E-state index in [4.69, 9.17) is 19.5 Å². The molecule has 5 rings (SSSR count). The van der Waals surface area contributed by atoms with Crippen molar-refractivity contribution in [2.75, 3.05) is 25.6 Å². The largest absolute Gasteiger partial charge is 0.460 e. The molecule has 0 saturated carbocycles. The van der Waals surface area contributed by atoms with Gasteiger partial charge in [0, 0.05) is 75.0 Å². The lowest BCUT2D eigenvalue weighted by Crippen LogP contribution is -2.57. The molecule has 0 saturated heterocycles. The van der Waals surface area contributed by atoms with Gasteiger partial charge in [-0.2, -0.15) is 0 Å². The van der Waals surface area contributed by atoms with Gasteiger partial charge in [-0.15, -0.1) is 23.5 Å². The Bertz CT molecular complexity index is 3040. The molecule has 1 aromatic rings. The molecule has 0 radical (unpaired) electrons. The molecule has 4 aliphatic heterocycles. The van der Waals surface area contributed by atoms with Crippen molar-refractivity contribution in [2.24, 2.45) is 68.2 Å². The number of aryl methyl sites for hydroxylation is 1. The second-order valence-electron chi connectivity index (χ2n) is 32.1. The summed E-state index contributed by atoms with van der Waals surface area (Å²) < 4.78 is 12.2. The third kappa shape index (κ3) is 27.0. The van der Waals surface area contributed by atoms with Crippen LogP contribution in [0.2, 0.25) is 0 Å². The summed E-state index contributed by atoms with van der Waals surface area (Å²) >= 11 is 3.23. The van der Waals surface area contributed by atoms with E-state index in [1.807, 2.05) is 128 Å². The Morgan fingerprint density at radius 2 is 0.921 bits per heavy atom. The number of cyclic esters (lactones) is 2. The van der Waals surface area contributed by atoms with E-state index in [9.17, 15) is 58.2 Å². The number of ketones is 2. The molecule has 6 N–H and O–H groups in total. The second kappa shape index (κ2) is 40.0. The minimum absolute atomic E-state index is 0.0137. The fourth-order valence-corrected chi connectivity index (χ4v) is 15.0. The van der Waals surface area contributed by atoms with Crippen LogP contribution in [0.3, 0.4) is 0 Å². The number of esters is 2. The maximum absolute atomic E-state index is 14.0. The van der Waals surface area contributed by atoms with Gasteiger partial charge in [-0.25, -0.2) is 9.59 Å². The summed E-state index contributed by atoms with van der Waals surface area (Å²) in [5, 5.41) is 35.4. The van der Waals surface area contributed by atoms with Crippen molar-refractivity contribution < 1.29 is 67.6 Å². The highest BCUT2D eigenvalue weighted by Gasteiger charge is 2.41. The predicted octanol–water partition coefficient (Wildman–Crippen LogP) is 9.82. The van der Waals surface area contributed by atoms with Gasteiger partial charge in [0.1, 0.15) is 60.0 Å². The zero-order valence-electron chi connectivity index (χ0n) is 64.9. The molecule has 0 spiro atoms. The van der Waals surface area contributed by atoms with Gasteiger partial charge in [0.15, 0.2) is 0 Å². The van der Waals surface area contributed by atoms with Crippen molar-refractivity contribution in [2.45, 2.75) is 295 Å². The summed E-state index contributed by atoms with van der Waals surface area (Å²) in [6.07, 6.45) is 3.01. The molecule has 570 valence electrons. The van der Waals surface area contributed by atoms with Crippen LogP contribution in [-0.2, 0) is 63.8 Å². The first-order chi connectivity index (χ1) is 47.0. The fraction of sp³-hybridized carbons (Fsp3) is 0.766. The van der Waals surface area contributed by atoms with E-state index in [0.717, 1.165) is 32.7 Å². The van der Waals surface area contributed by atoms with Crippen molar-refractivity contribution in [1.29, 1.82) is 0 Å². The smallest absolute Gasteiger partial charge is 0.328 e. The summed E-state index contributed by atoms with van der Waals surface area (Å²) in [6.45, 7) is 37.5. The number of thioether (sulfide) groups is 2. The SMILES string of the molecule is CC[C@H](C)[C@@H]1NC(=O)[C@H](C)NC(=O)[C@H](C)CC(=O)CC[C@@H]2CSC(=N2)[C@@H](C)[C@@H](O)C[C@H](C)C[C@@H](C(C)(C)C)OC(=O)[C@H](C)N(C)C1=O.CC[C@H](C)[C@@H]1NC(=O)[C@H](C)NC(=O)[C@H](Cc2ccc(C)cc2)CC(=O)CC[C@@H]2CSC(=N2)[C@H](C)[C@@H](O)C[C@H](C)C[C@@H](C(C)(C)C)OC(=O)[C@H](C)N(C)C1=O. The standard InChI is InChI=1S/C42H66N4O7S.C35H60N4O7S/c1-12-26(4)36-40(51)46(11)29(7)41(52)53-35(42(8,9)10)20-25(3)19-34(48)27(5)39-44-32(23-54-39)17-18-33(47)22-31(21-30-15-13-24(2)14-16-30)38(50)43-28(6)37(49)45-36;1-12-20(3)29-33(44)39(11)24(7)34(45)46-28(35(8,9)10)16-19(2)15-27(41)22(5)32-37-25(18-47-32)13-14-26(40)17-21(4)30(42)36-23(6)31(43)38-29/h13-16,25-29,31-32,34-36,48H,12,17-23H2,1-11H3,(H,43,50)(H,45,49);19-25,27-29,41H,12-18H2,1-11H3,(H,36,42)(H,38,43)/t25-,26-,27+,28-,29-,31+,32+,34-,35-,36-;19-,20-,21+,22-,23-,24-,25+,27-,28-,29-/m00/s1. The van der Waals surface area contributed by atoms with Gasteiger partial charge >= 0.3 is 11.9 Å². The Kier molecular flexibility index (Phi) is 34.7. The van der Waals surface area contributed by atoms with Crippen LogP contribution in [-0.4, -0.2) is 187 Å². The first-order valence-electron chi connectivity index (χ1n) is 37.0. The number of carbonyl (C=O) groups is 10. The molecule has 20 atom stereocenters. The molecule has 101 heavy (non-hydrogen) atoms. The molecule has 6 amide bonds. The fourth-order valence-electron chi connectivity index (χ4n) is 12.5. The van der Waals surface area contributed by atoms with Crippen LogP contribution in [0, 0.1) is 65.1 Å². The molecule has 4 heterocycles. The lowest BCUT2D eigenvalue weighted by Gasteiger charge is -2.36. The highest BCUT2D eigenvalue weighted by molar-refractivity contribution is 8.14. The van der Waals surface area contributed by atoms with E-state index >= 15 is 0 Å². The number of likely N-dealkylation sites (N-methyl/N-ethyl adjacent to an activating group) is 2. The number of nitrogens with one attached hydrogen (secondary N) is 4. The zero-order valence-corrected chi connectivity index (χ0v) is 66.5. The van der Waals surface area contributed by atoms with Crippen molar-refractivity contribution in [3.05, 3.63) is 35.4 Å². The van der Waals surface area contributed by atoms with Crippen LogP contribution < -0.4 is 21.3 Å². The number of Topliss-reactive ketones (excluding diaryl/α,β-unsaturated/α-hetero) is 2. The van der Waals surface area contributed by atoms with E-state index in [2.05, 4.69) is 21.3 Å². The van der Waals surface area contributed by atoms with Crippen LogP contribution in [0.4, 0.5) is 0 Å². The topological polar surface area (TPSA) is 309 Å². The van der Waals surface area contributed by atoms with E-state index in [-0.39, 0.29) is 78.4 Å². The van der Waals surface area contributed by atoms with Crippen molar-refractivity contribution in [1.82, 2.24) is 31.1 Å².